The minimum atomic E-state index is -0.785. The molecule has 1 aromatic carbocycles. The number of hydrogen-bond acceptors (Lipinski definition) is 8. The van der Waals surface area contributed by atoms with E-state index in [-0.39, 0.29) is 27.6 Å². The molecular weight excluding hydrogens is 530 g/mol. The van der Waals surface area contributed by atoms with Crippen molar-refractivity contribution in [3.05, 3.63) is 50.9 Å². The van der Waals surface area contributed by atoms with Crippen molar-refractivity contribution in [2.45, 2.75) is 79.6 Å². The highest BCUT2D eigenvalue weighted by molar-refractivity contribution is 7.17. The topological polar surface area (TPSA) is 100 Å². The fourth-order valence-electron chi connectivity index (χ4n) is 5.61. The van der Waals surface area contributed by atoms with E-state index < -0.39 is 17.7 Å². The summed E-state index contributed by atoms with van der Waals surface area (Å²) in [5.41, 5.74) is 8.60. The molecule has 0 aliphatic carbocycles. The number of halogens is 2. The van der Waals surface area contributed by atoms with Crippen molar-refractivity contribution in [3.63, 3.8) is 0 Å². The van der Waals surface area contributed by atoms with Gasteiger partial charge in [-0.25, -0.2) is 18.7 Å². The van der Waals surface area contributed by atoms with Gasteiger partial charge < -0.3 is 20.7 Å². The number of nitriles is 1. The molecule has 3 aliphatic rings. The highest BCUT2D eigenvalue weighted by atomic mass is 32.1. The van der Waals surface area contributed by atoms with Crippen LogP contribution in [-0.2, 0) is 18.0 Å². The number of hydrogen-bond donors (Lipinski definition) is 2. The van der Waals surface area contributed by atoms with Crippen LogP contribution in [0.15, 0.2) is 12.4 Å². The van der Waals surface area contributed by atoms with E-state index in [1.54, 1.807) is 6.20 Å². The average Bonchev–Trinajstić information content (AvgIpc) is 3.71. The second-order valence-electron chi connectivity index (χ2n) is 9.99. The van der Waals surface area contributed by atoms with Crippen LogP contribution in [-0.4, -0.2) is 23.1 Å². The summed E-state index contributed by atoms with van der Waals surface area (Å²) in [6, 6.07) is 1.29. The number of anilines is 2. The van der Waals surface area contributed by atoms with Gasteiger partial charge in [-0.1, -0.05) is 47.5 Å². The van der Waals surface area contributed by atoms with Crippen molar-refractivity contribution in [2.24, 2.45) is 5.92 Å². The van der Waals surface area contributed by atoms with E-state index in [0.29, 0.717) is 40.5 Å². The lowest BCUT2D eigenvalue weighted by atomic mass is 9.87. The minimum Gasteiger partial charge on any atom is -0.389 e. The van der Waals surface area contributed by atoms with E-state index >= 15 is 4.39 Å². The second-order valence-corrected chi connectivity index (χ2v) is 11.0. The van der Waals surface area contributed by atoms with Gasteiger partial charge in [0.25, 0.3) is 0 Å². The van der Waals surface area contributed by atoms with Crippen molar-refractivity contribution in [1.29, 1.82) is 5.26 Å². The summed E-state index contributed by atoms with van der Waals surface area (Å²) in [5, 5.41) is 13.5. The monoisotopic (exact) mass is 568 g/mol. The predicted molar refractivity (Wildman–Crippen MR) is 158 cm³/mol. The van der Waals surface area contributed by atoms with Crippen LogP contribution in [0.1, 0.15) is 99.0 Å². The third-order valence-electron chi connectivity index (χ3n) is 7.25. The summed E-state index contributed by atoms with van der Waals surface area (Å²) < 4.78 is 36.7. The number of nitrogens with two attached hydrogens (primary N) is 1. The quantitative estimate of drug-likeness (QED) is 0.339. The molecule has 3 aromatic rings. The molecule has 6 rings (SSSR count). The van der Waals surface area contributed by atoms with Crippen LogP contribution in [0.2, 0.25) is 0 Å². The van der Waals surface area contributed by atoms with E-state index in [4.69, 9.17) is 10.5 Å². The number of nitrogens with zero attached hydrogens (tertiary/aromatic N) is 4. The fourth-order valence-corrected chi connectivity index (χ4v) is 6.57. The zero-order valence-electron chi connectivity index (χ0n) is 23.9. The van der Waals surface area contributed by atoms with E-state index in [9.17, 15) is 9.65 Å². The number of nitrogen functional groups attached to an aromatic ring is 1. The molecule has 0 amide bonds. The zero-order chi connectivity index (χ0) is 29.0. The van der Waals surface area contributed by atoms with Crippen molar-refractivity contribution in [3.8, 4) is 6.07 Å². The van der Waals surface area contributed by atoms with Gasteiger partial charge in [0, 0.05) is 42.0 Å². The molecule has 1 saturated heterocycles. The largest absolute Gasteiger partial charge is 0.389 e. The molecule has 1 fully saturated rings. The summed E-state index contributed by atoms with van der Waals surface area (Å²) in [4.78, 5) is 11.6. The van der Waals surface area contributed by atoms with Crippen LogP contribution in [0.4, 0.5) is 19.7 Å². The number of thiophene rings is 1. The second kappa shape index (κ2) is 12.9. The molecule has 3 aliphatic heterocycles. The summed E-state index contributed by atoms with van der Waals surface area (Å²) in [5.74, 6) is 0.0718. The Labute approximate surface area is 239 Å². The van der Waals surface area contributed by atoms with Gasteiger partial charge in [0.15, 0.2) is 11.6 Å². The first kappa shape index (κ1) is 29.7. The van der Waals surface area contributed by atoms with Crippen LogP contribution in [0.3, 0.4) is 0 Å². The Kier molecular flexibility index (Phi) is 9.59. The average molecular weight is 569 g/mol. The van der Waals surface area contributed by atoms with Gasteiger partial charge in [-0.05, 0) is 29.9 Å². The maximum Gasteiger partial charge on any atom is 0.225 e. The zero-order valence-corrected chi connectivity index (χ0v) is 24.7. The molecule has 2 atom stereocenters. The van der Waals surface area contributed by atoms with Crippen molar-refractivity contribution in [2.75, 3.05) is 23.7 Å². The lowest BCUT2D eigenvalue weighted by Gasteiger charge is -2.26. The highest BCUT2D eigenvalue weighted by Crippen LogP contribution is 2.47. The first-order valence-corrected chi connectivity index (χ1v) is 15.0. The third kappa shape index (κ3) is 5.25. The Morgan fingerprint density at radius 1 is 1.20 bits per heavy atom. The molecule has 40 heavy (non-hydrogen) atoms. The van der Waals surface area contributed by atoms with Crippen LogP contribution in [0, 0.1) is 23.1 Å². The van der Waals surface area contributed by atoms with Crippen molar-refractivity contribution in [1.82, 2.24) is 15.3 Å². The number of nitrogens with one attached hydrogen (secondary N) is 1. The Bertz CT molecular complexity index is 1450. The van der Waals surface area contributed by atoms with E-state index in [1.807, 2.05) is 13.8 Å². The van der Waals surface area contributed by atoms with Crippen molar-refractivity contribution >= 4 is 39.0 Å². The van der Waals surface area contributed by atoms with Crippen LogP contribution in [0.5, 0.6) is 0 Å². The van der Waals surface area contributed by atoms with Crippen molar-refractivity contribution < 1.29 is 13.5 Å². The highest BCUT2D eigenvalue weighted by Gasteiger charge is 2.36. The molecule has 214 valence electrons. The van der Waals surface area contributed by atoms with Gasteiger partial charge in [-0.15, -0.1) is 11.3 Å². The minimum absolute atomic E-state index is 0.167. The molecule has 0 spiro atoms. The Balaban J connectivity index is 0.000000695. The van der Waals surface area contributed by atoms with Gasteiger partial charge in [0.2, 0.25) is 5.95 Å². The molecular formula is C30H38F2N6OS. The summed E-state index contributed by atoms with van der Waals surface area (Å²) in [6.07, 6.45) is 7.50. The molecule has 2 unspecified atom stereocenters. The normalized spacial score (nSPS) is 18.9. The SMILES string of the molecule is CC.CCC.CCCC1CCN(c2ncc3c4c(c(C5NC=C(F)c6sc(N)c(C#N)c65)c(F)c3n2)COC4)C1. The van der Waals surface area contributed by atoms with Crippen LogP contribution < -0.4 is 16.0 Å². The number of benzene rings is 1. The maximum absolute atomic E-state index is 16.4. The Morgan fingerprint density at radius 3 is 2.62 bits per heavy atom. The molecule has 7 nitrogen and oxygen atoms in total. The van der Waals surface area contributed by atoms with Gasteiger partial charge in [0.1, 0.15) is 16.6 Å². The lowest BCUT2D eigenvalue weighted by Crippen LogP contribution is -2.25. The van der Waals surface area contributed by atoms with E-state index in [2.05, 4.69) is 47.0 Å². The Morgan fingerprint density at radius 2 is 1.93 bits per heavy atom. The maximum atomic E-state index is 16.4. The first-order valence-electron chi connectivity index (χ1n) is 14.2. The smallest absolute Gasteiger partial charge is 0.225 e. The third-order valence-corrected chi connectivity index (χ3v) is 8.29. The molecule has 2 aromatic heterocycles. The number of ether oxygens (including phenoxy) is 1. The Hall–Kier alpha value is -3.29. The lowest BCUT2D eigenvalue weighted by molar-refractivity contribution is 0.134. The standard InChI is InChI=1S/C25H24F2N6OS.C3H8.C2H6/c1-2-3-12-4-5-33(9-12)25-31-7-14-15-10-34-11-16(15)18(20(27)21(14)32-25)22-19-13(6-28)24(29)35-23(19)17(26)8-30-22;1-3-2;1-2/h7-8,12,22,30H,2-5,9-11,29H2,1H3;3H2,1-2H3;1-2H3. The number of aromatic nitrogens is 2. The van der Waals surface area contributed by atoms with Crippen LogP contribution >= 0.6 is 11.3 Å². The van der Waals surface area contributed by atoms with E-state index in [0.717, 1.165) is 49.3 Å². The van der Waals surface area contributed by atoms with Gasteiger partial charge in [-0.2, -0.15) is 5.26 Å². The van der Waals surface area contributed by atoms with Gasteiger partial charge in [-0.3, -0.25) is 0 Å². The van der Waals surface area contributed by atoms with Gasteiger partial charge in [0.05, 0.1) is 29.7 Å². The predicted octanol–water partition coefficient (Wildman–Crippen LogP) is 7.34. The van der Waals surface area contributed by atoms with E-state index in [1.165, 1.54) is 12.6 Å². The fraction of sp³-hybridized carbons (Fsp3) is 0.500. The summed E-state index contributed by atoms with van der Waals surface area (Å²) >= 11 is 1.00. The van der Waals surface area contributed by atoms with Crippen LogP contribution in [0.25, 0.3) is 16.7 Å². The van der Waals surface area contributed by atoms with Gasteiger partial charge >= 0.3 is 0 Å². The molecule has 3 N–H and O–H groups in total. The molecule has 0 bridgehead atoms. The first-order chi connectivity index (χ1) is 19.4. The summed E-state index contributed by atoms with van der Waals surface area (Å²) in [6.45, 7) is 12.7. The molecule has 0 radical (unpaired) electrons. The summed E-state index contributed by atoms with van der Waals surface area (Å²) in [7, 11) is 0. The molecule has 5 heterocycles. The number of fused-ring (bicyclic) bond motifs is 4. The number of rotatable bonds is 4. The molecule has 10 heteroatoms. The molecule has 0 saturated carbocycles.